The number of nitrogens with zero attached hydrogens (tertiary/aromatic N) is 1. The maximum absolute atomic E-state index is 12.0. The molecule has 3 heterocycles. The van der Waals surface area contributed by atoms with Crippen LogP contribution in [0.1, 0.15) is 17.7 Å². The highest BCUT2D eigenvalue weighted by atomic mass is 32.1. The Balaban J connectivity index is 1.53. The van der Waals surface area contributed by atoms with Crippen LogP contribution in [0.2, 0.25) is 0 Å². The Morgan fingerprint density at radius 3 is 2.82 bits per heavy atom. The van der Waals surface area contributed by atoms with E-state index in [4.69, 9.17) is 0 Å². The molecule has 0 saturated carbocycles. The average molecular weight is 250 g/mol. The molecule has 1 aromatic rings. The SMILES string of the molecule is O=C(Cc1cccs1)N1CC2(CCNCC2)C1. The van der Waals surface area contributed by atoms with Crippen molar-refractivity contribution < 1.29 is 4.79 Å². The summed E-state index contributed by atoms with van der Waals surface area (Å²) in [6.45, 7) is 4.21. The zero-order valence-corrected chi connectivity index (χ0v) is 10.8. The molecule has 2 fully saturated rings. The minimum absolute atomic E-state index is 0.302. The molecule has 0 unspecified atom stereocenters. The van der Waals surface area contributed by atoms with Gasteiger partial charge in [0, 0.05) is 23.4 Å². The summed E-state index contributed by atoms with van der Waals surface area (Å²) in [6.07, 6.45) is 3.05. The molecular weight excluding hydrogens is 232 g/mol. The number of hydrogen-bond acceptors (Lipinski definition) is 3. The zero-order chi connectivity index (χ0) is 11.7. The van der Waals surface area contributed by atoms with Gasteiger partial charge in [-0.15, -0.1) is 11.3 Å². The molecule has 3 rings (SSSR count). The summed E-state index contributed by atoms with van der Waals surface area (Å²) < 4.78 is 0. The van der Waals surface area contributed by atoms with Gasteiger partial charge in [0.2, 0.25) is 5.91 Å². The molecule has 1 aromatic heterocycles. The Kier molecular flexibility index (Phi) is 2.92. The fourth-order valence-electron chi connectivity index (χ4n) is 2.89. The van der Waals surface area contributed by atoms with Crippen molar-refractivity contribution in [2.75, 3.05) is 26.2 Å². The molecule has 0 aliphatic carbocycles. The van der Waals surface area contributed by atoms with Gasteiger partial charge in [0.1, 0.15) is 0 Å². The van der Waals surface area contributed by atoms with E-state index in [9.17, 15) is 4.79 Å². The van der Waals surface area contributed by atoms with Crippen LogP contribution in [0.25, 0.3) is 0 Å². The highest BCUT2D eigenvalue weighted by Crippen LogP contribution is 2.38. The van der Waals surface area contributed by atoms with Gasteiger partial charge in [-0.2, -0.15) is 0 Å². The summed E-state index contributed by atoms with van der Waals surface area (Å²) in [5.41, 5.74) is 0.455. The van der Waals surface area contributed by atoms with Crippen LogP contribution in [0.15, 0.2) is 17.5 Å². The second-order valence-corrected chi connectivity index (χ2v) is 6.29. The van der Waals surface area contributed by atoms with Crippen molar-refractivity contribution >= 4 is 17.2 Å². The van der Waals surface area contributed by atoms with Crippen molar-refractivity contribution in [3.05, 3.63) is 22.4 Å². The quantitative estimate of drug-likeness (QED) is 0.863. The molecule has 92 valence electrons. The van der Waals surface area contributed by atoms with E-state index >= 15 is 0 Å². The van der Waals surface area contributed by atoms with E-state index in [0.29, 0.717) is 17.7 Å². The lowest BCUT2D eigenvalue weighted by Crippen LogP contribution is -2.61. The smallest absolute Gasteiger partial charge is 0.227 e. The Morgan fingerprint density at radius 2 is 2.18 bits per heavy atom. The second-order valence-electron chi connectivity index (χ2n) is 5.26. The highest BCUT2D eigenvalue weighted by molar-refractivity contribution is 7.10. The summed E-state index contributed by atoms with van der Waals surface area (Å²) in [6, 6.07) is 4.06. The number of amides is 1. The van der Waals surface area contributed by atoms with Gasteiger partial charge >= 0.3 is 0 Å². The summed E-state index contributed by atoms with van der Waals surface area (Å²) in [4.78, 5) is 15.3. The molecule has 1 amide bonds. The van der Waals surface area contributed by atoms with E-state index in [2.05, 4.69) is 5.32 Å². The van der Waals surface area contributed by atoms with Crippen LogP contribution in [-0.4, -0.2) is 37.0 Å². The maximum atomic E-state index is 12.0. The zero-order valence-electron chi connectivity index (χ0n) is 9.95. The summed E-state index contributed by atoms with van der Waals surface area (Å²) in [5.74, 6) is 0.302. The minimum atomic E-state index is 0.302. The Morgan fingerprint density at radius 1 is 1.41 bits per heavy atom. The maximum Gasteiger partial charge on any atom is 0.227 e. The van der Waals surface area contributed by atoms with Gasteiger partial charge in [0.05, 0.1) is 6.42 Å². The molecule has 3 nitrogen and oxygen atoms in total. The molecule has 2 aliphatic heterocycles. The monoisotopic (exact) mass is 250 g/mol. The third-order valence-electron chi connectivity index (χ3n) is 3.98. The number of thiophene rings is 1. The van der Waals surface area contributed by atoms with Crippen LogP contribution >= 0.6 is 11.3 Å². The fourth-order valence-corrected chi connectivity index (χ4v) is 3.58. The Labute approximate surface area is 106 Å². The van der Waals surface area contributed by atoms with Crippen molar-refractivity contribution in [1.82, 2.24) is 10.2 Å². The first-order chi connectivity index (χ1) is 8.27. The number of nitrogens with one attached hydrogen (secondary N) is 1. The van der Waals surface area contributed by atoms with Crippen molar-refractivity contribution in [3.8, 4) is 0 Å². The molecule has 0 bridgehead atoms. The third-order valence-corrected chi connectivity index (χ3v) is 4.85. The largest absolute Gasteiger partial charge is 0.341 e. The second kappa shape index (κ2) is 4.42. The topological polar surface area (TPSA) is 32.3 Å². The molecule has 0 radical (unpaired) electrons. The van der Waals surface area contributed by atoms with Crippen LogP contribution in [0.3, 0.4) is 0 Å². The van der Waals surface area contributed by atoms with Crippen LogP contribution in [0.5, 0.6) is 0 Å². The molecule has 2 saturated heterocycles. The summed E-state index contributed by atoms with van der Waals surface area (Å²) in [5, 5.41) is 5.42. The van der Waals surface area contributed by atoms with E-state index in [1.807, 2.05) is 22.4 Å². The van der Waals surface area contributed by atoms with Gasteiger partial charge in [-0.05, 0) is 37.4 Å². The lowest BCUT2D eigenvalue weighted by Gasteiger charge is -2.52. The first-order valence-electron chi connectivity index (χ1n) is 6.28. The number of likely N-dealkylation sites (tertiary alicyclic amines) is 1. The number of hydrogen-bond donors (Lipinski definition) is 1. The van der Waals surface area contributed by atoms with Crippen molar-refractivity contribution in [1.29, 1.82) is 0 Å². The number of carbonyl (C=O) groups is 1. The van der Waals surface area contributed by atoms with E-state index in [0.717, 1.165) is 26.2 Å². The van der Waals surface area contributed by atoms with Crippen LogP contribution in [-0.2, 0) is 11.2 Å². The first-order valence-corrected chi connectivity index (χ1v) is 7.16. The number of carbonyl (C=O) groups excluding carboxylic acids is 1. The molecule has 0 atom stereocenters. The fraction of sp³-hybridized carbons (Fsp3) is 0.615. The predicted octanol–water partition coefficient (Wildman–Crippen LogP) is 1.50. The van der Waals surface area contributed by atoms with Gasteiger partial charge in [-0.1, -0.05) is 6.07 Å². The Hall–Kier alpha value is -0.870. The van der Waals surface area contributed by atoms with Crippen LogP contribution in [0.4, 0.5) is 0 Å². The molecule has 4 heteroatoms. The van der Waals surface area contributed by atoms with E-state index in [1.54, 1.807) is 11.3 Å². The lowest BCUT2D eigenvalue weighted by molar-refractivity contribution is -0.144. The molecule has 1 spiro atoms. The average Bonchev–Trinajstić information content (AvgIpc) is 2.79. The predicted molar refractivity (Wildman–Crippen MR) is 69.1 cm³/mol. The van der Waals surface area contributed by atoms with Crippen molar-refractivity contribution in [2.45, 2.75) is 19.3 Å². The highest BCUT2D eigenvalue weighted by Gasteiger charge is 2.45. The standard InChI is InChI=1S/C13H18N2OS/c16-12(8-11-2-1-7-17-11)15-9-13(10-15)3-5-14-6-4-13/h1-2,7,14H,3-6,8-10H2. The number of rotatable bonds is 2. The van der Waals surface area contributed by atoms with Crippen molar-refractivity contribution in [2.24, 2.45) is 5.41 Å². The molecular formula is C13H18N2OS. The third kappa shape index (κ3) is 2.24. The van der Waals surface area contributed by atoms with Gasteiger partial charge in [-0.3, -0.25) is 4.79 Å². The number of piperidine rings is 1. The van der Waals surface area contributed by atoms with Crippen LogP contribution in [0, 0.1) is 5.41 Å². The lowest BCUT2D eigenvalue weighted by atomic mass is 9.72. The first kappa shape index (κ1) is 11.2. The van der Waals surface area contributed by atoms with Gasteiger partial charge in [-0.25, -0.2) is 0 Å². The minimum Gasteiger partial charge on any atom is -0.341 e. The Bertz CT molecular complexity index is 388. The molecule has 0 aromatic carbocycles. The summed E-state index contributed by atoms with van der Waals surface area (Å²) in [7, 11) is 0. The van der Waals surface area contributed by atoms with Crippen molar-refractivity contribution in [3.63, 3.8) is 0 Å². The molecule has 1 N–H and O–H groups in total. The van der Waals surface area contributed by atoms with E-state index in [-0.39, 0.29) is 0 Å². The van der Waals surface area contributed by atoms with E-state index in [1.165, 1.54) is 17.7 Å². The van der Waals surface area contributed by atoms with E-state index < -0.39 is 0 Å². The van der Waals surface area contributed by atoms with Crippen LogP contribution < -0.4 is 5.32 Å². The van der Waals surface area contributed by atoms with Gasteiger partial charge in [0.25, 0.3) is 0 Å². The molecule has 2 aliphatic rings. The normalized spacial score (nSPS) is 22.5. The van der Waals surface area contributed by atoms with Gasteiger partial charge in [0.15, 0.2) is 0 Å². The van der Waals surface area contributed by atoms with Gasteiger partial charge < -0.3 is 10.2 Å². The summed E-state index contributed by atoms with van der Waals surface area (Å²) >= 11 is 1.67. The molecule has 17 heavy (non-hydrogen) atoms.